The van der Waals surface area contributed by atoms with Gasteiger partial charge in [-0.05, 0) is 46.4 Å². The van der Waals surface area contributed by atoms with Gasteiger partial charge in [-0.3, -0.25) is 19.8 Å². The number of carbonyl (C=O) groups excluding carboxylic acids is 3. The predicted octanol–water partition coefficient (Wildman–Crippen LogP) is 2.61. The Morgan fingerprint density at radius 1 is 0.964 bits per heavy atom. The summed E-state index contributed by atoms with van der Waals surface area (Å²) in [5, 5.41) is 3.08. The number of amides is 3. The molecule has 1 heterocycles. The van der Waals surface area contributed by atoms with Crippen LogP contribution in [0.4, 0.5) is 0 Å². The van der Waals surface area contributed by atoms with E-state index in [2.05, 4.69) is 17.6 Å². The van der Waals surface area contributed by atoms with E-state index >= 15 is 0 Å². The van der Waals surface area contributed by atoms with Crippen LogP contribution in [0.5, 0.6) is 0 Å². The second kappa shape index (κ2) is 5.31. The first-order valence-electron chi connectivity index (χ1n) is 9.92. The molecule has 1 aliphatic heterocycles. The number of hydrazine groups is 1. The number of allylic oxidation sites excluding steroid dienone is 2. The molecule has 2 bridgehead atoms. The summed E-state index contributed by atoms with van der Waals surface area (Å²) in [4.78, 5) is 38.6. The third-order valence-electron chi connectivity index (χ3n) is 7.32. The molecule has 2 aromatic rings. The molecule has 4 atom stereocenters. The largest absolute Gasteiger partial charge is 0.273 e. The van der Waals surface area contributed by atoms with Crippen molar-refractivity contribution in [3.63, 3.8) is 0 Å². The minimum Gasteiger partial charge on any atom is -0.273 e. The third kappa shape index (κ3) is 1.94. The van der Waals surface area contributed by atoms with Crippen molar-refractivity contribution in [1.29, 1.82) is 0 Å². The van der Waals surface area contributed by atoms with Crippen molar-refractivity contribution < 1.29 is 14.4 Å². The highest BCUT2D eigenvalue weighted by atomic mass is 16.2. The first-order valence-corrected chi connectivity index (χ1v) is 9.92. The summed E-state index contributed by atoms with van der Waals surface area (Å²) in [6.45, 7) is 0. The van der Waals surface area contributed by atoms with Crippen molar-refractivity contribution >= 4 is 28.5 Å². The number of imide groups is 1. The van der Waals surface area contributed by atoms with Crippen molar-refractivity contribution in [2.45, 2.75) is 19.3 Å². The van der Waals surface area contributed by atoms with E-state index in [1.807, 2.05) is 42.5 Å². The van der Waals surface area contributed by atoms with E-state index in [0.29, 0.717) is 0 Å². The molecule has 1 saturated heterocycles. The zero-order chi connectivity index (χ0) is 19.0. The Kier molecular flexibility index (Phi) is 3.04. The first-order chi connectivity index (χ1) is 13.6. The van der Waals surface area contributed by atoms with Gasteiger partial charge in [0.15, 0.2) is 0 Å². The summed E-state index contributed by atoms with van der Waals surface area (Å²) in [5.41, 5.74) is 3.65. The van der Waals surface area contributed by atoms with E-state index in [4.69, 9.17) is 0 Å². The lowest BCUT2D eigenvalue weighted by Crippen LogP contribution is -2.48. The smallest absolute Gasteiger partial charge is 0.252 e. The Morgan fingerprint density at radius 3 is 2.29 bits per heavy atom. The van der Waals surface area contributed by atoms with Gasteiger partial charge in [-0.2, -0.15) is 5.01 Å². The molecule has 3 fully saturated rings. The quantitative estimate of drug-likeness (QED) is 0.665. The normalized spacial score (nSPS) is 31.1. The van der Waals surface area contributed by atoms with Crippen LogP contribution in [0.15, 0.2) is 54.6 Å². The molecule has 4 aliphatic rings. The molecule has 140 valence electrons. The van der Waals surface area contributed by atoms with Crippen LogP contribution in [-0.4, -0.2) is 22.7 Å². The number of fused-ring (bicyclic) bond motifs is 4. The van der Waals surface area contributed by atoms with Gasteiger partial charge >= 0.3 is 0 Å². The highest BCUT2D eigenvalue weighted by Gasteiger charge is 2.73. The molecule has 2 aromatic carbocycles. The van der Waals surface area contributed by atoms with Gasteiger partial charge < -0.3 is 0 Å². The molecule has 0 radical (unpaired) electrons. The summed E-state index contributed by atoms with van der Waals surface area (Å²) in [6, 6.07) is 13.7. The summed E-state index contributed by atoms with van der Waals surface area (Å²) in [7, 11) is 0. The SMILES string of the molecule is O=C(Cc1cccc2ccccc12)NN1C(=O)[C@@H]2[C@@H](C1=O)[C@@H]1C=C[C@@H]2C12CC2. The Balaban J connectivity index is 1.23. The van der Waals surface area contributed by atoms with Gasteiger partial charge in [0.2, 0.25) is 5.91 Å². The molecule has 6 rings (SSSR count). The van der Waals surface area contributed by atoms with E-state index in [-0.39, 0.29) is 53.2 Å². The van der Waals surface area contributed by atoms with Crippen molar-refractivity contribution in [3.8, 4) is 0 Å². The zero-order valence-corrected chi connectivity index (χ0v) is 15.3. The molecule has 0 unspecified atom stereocenters. The van der Waals surface area contributed by atoms with Crippen molar-refractivity contribution in [3.05, 3.63) is 60.2 Å². The fourth-order valence-electron chi connectivity index (χ4n) is 5.97. The van der Waals surface area contributed by atoms with Crippen molar-refractivity contribution in [2.24, 2.45) is 29.1 Å². The van der Waals surface area contributed by atoms with Crippen LogP contribution in [0, 0.1) is 29.1 Å². The number of nitrogens with zero attached hydrogens (tertiary/aromatic N) is 1. The maximum Gasteiger partial charge on any atom is 0.252 e. The highest BCUT2D eigenvalue weighted by molar-refractivity contribution is 6.08. The molecular weight excluding hydrogens is 352 g/mol. The van der Waals surface area contributed by atoms with Crippen LogP contribution >= 0.6 is 0 Å². The lowest BCUT2D eigenvalue weighted by molar-refractivity contribution is -0.150. The molecule has 0 aromatic heterocycles. The van der Waals surface area contributed by atoms with Crippen LogP contribution in [0.25, 0.3) is 10.8 Å². The van der Waals surface area contributed by atoms with E-state index in [0.717, 1.165) is 34.2 Å². The van der Waals surface area contributed by atoms with Gasteiger partial charge in [-0.1, -0.05) is 54.6 Å². The Bertz CT molecular complexity index is 1040. The van der Waals surface area contributed by atoms with Gasteiger partial charge in [-0.25, -0.2) is 0 Å². The minimum absolute atomic E-state index is 0.128. The van der Waals surface area contributed by atoms with Crippen LogP contribution in [0.1, 0.15) is 18.4 Å². The predicted molar refractivity (Wildman–Crippen MR) is 102 cm³/mol. The number of hydrogen-bond acceptors (Lipinski definition) is 3. The molecule has 5 nitrogen and oxygen atoms in total. The highest BCUT2D eigenvalue weighted by Crippen LogP contribution is 2.73. The fraction of sp³-hybridized carbons (Fsp3) is 0.348. The maximum absolute atomic E-state index is 13.0. The van der Waals surface area contributed by atoms with Crippen LogP contribution in [0.2, 0.25) is 0 Å². The molecule has 3 amide bonds. The Hall–Kier alpha value is -2.95. The standard InChI is InChI=1S/C23H20N2O3/c26-18(12-14-6-3-5-13-4-1-2-7-15(13)14)24-25-21(27)19-16-8-9-17(20(19)22(25)28)23(16)10-11-23/h1-9,16-17,19-20H,10-12H2,(H,24,26)/t16-,17-,19-,20-/m0/s1. The number of nitrogens with one attached hydrogen (secondary N) is 1. The molecule has 1 N–H and O–H groups in total. The lowest BCUT2D eigenvalue weighted by atomic mass is 9.85. The van der Waals surface area contributed by atoms with Crippen LogP contribution in [0.3, 0.4) is 0 Å². The molecule has 28 heavy (non-hydrogen) atoms. The van der Waals surface area contributed by atoms with E-state index in [1.54, 1.807) is 0 Å². The number of rotatable bonds is 3. The summed E-state index contributed by atoms with van der Waals surface area (Å²) in [5.74, 6) is -1.04. The Labute approximate surface area is 162 Å². The first kappa shape index (κ1) is 16.0. The summed E-state index contributed by atoms with van der Waals surface area (Å²) in [6.07, 6.45) is 6.60. The molecule has 3 aliphatic carbocycles. The van der Waals surface area contributed by atoms with Gasteiger partial charge in [0.1, 0.15) is 0 Å². The van der Waals surface area contributed by atoms with Gasteiger partial charge in [0.25, 0.3) is 11.8 Å². The minimum atomic E-state index is -0.334. The van der Waals surface area contributed by atoms with Gasteiger partial charge in [0, 0.05) is 0 Å². The van der Waals surface area contributed by atoms with Crippen molar-refractivity contribution in [2.75, 3.05) is 0 Å². The van der Waals surface area contributed by atoms with Gasteiger partial charge in [0.05, 0.1) is 18.3 Å². The second-order valence-corrected chi connectivity index (χ2v) is 8.58. The molecule has 1 spiro atoms. The fourth-order valence-corrected chi connectivity index (χ4v) is 5.97. The van der Waals surface area contributed by atoms with E-state index < -0.39 is 0 Å². The number of hydrogen-bond donors (Lipinski definition) is 1. The van der Waals surface area contributed by atoms with Crippen LogP contribution < -0.4 is 5.43 Å². The average molecular weight is 372 g/mol. The second-order valence-electron chi connectivity index (χ2n) is 8.58. The summed E-state index contributed by atoms with van der Waals surface area (Å²) >= 11 is 0. The van der Waals surface area contributed by atoms with Crippen LogP contribution in [-0.2, 0) is 20.8 Å². The zero-order valence-electron chi connectivity index (χ0n) is 15.3. The van der Waals surface area contributed by atoms with E-state index in [9.17, 15) is 14.4 Å². The number of benzene rings is 2. The third-order valence-corrected chi connectivity index (χ3v) is 7.32. The summed E-state index contributed by atoms with van der Waals surface area (Å²) < 4.78 is 0. The molecular formula is C23H20N2O3. The maximum atomic E-state index is 13.0. The average Bonchev–Trinajstić information content (AvgIpc) is 3.31. The van der Waals surface area contributed by atoms with E-state index in [1.165, 1.54) is 0 Å². The Morgan fingerprint density at radius 2 is 1.61 bits per heavy atom. The van der Waals surface area contributed by atoms with Gasteiger partial charge in [-0.15, -0.1) is 0 Å². The monoisotopic (exact) mass is 372 g/mol. The van der Waals surface area contributed by atoms with Crippen molar-refractivity contribution in [1.82, 2.24) is 10.4 Å². The molecule has 5 heteroatoms. The molecule has 2 saturated carbocycles. The number of carbonyl (C=O) groups is 3. The lowest BCUT2D eigenvalue weighted by Gasteiger charge is -2.22. The topological polar surface area (TPSA) is 66.5 Å².